The Hall–Kier alpha value is -2.45. The molecule has 0 aromatic heterocycles. The molecule has 1 aliphatic rings. The Morgan fingerprint density at radius 2 is 1.97 bits per heavy atom. The highest BCUT2D eigenvalue weighted by atomic mass is 32.2. The first kappa shape index (κ1) is 22.2. The molecule has 1 heterocycles. The number of halogens is 1. The van der Waals surface area contributed by atoms with Crippen molar-refractivity contribution in [3.05, 3.63) is 65.5 Å². The summed E-state index contributed by atoms with van der Waals surface area (Å²) < 4.78 is 48.2. The van der Waals surface area contributed by atoms with E-state index < -0.39 is 21.2 Å². The fourth-order valence-corrected chi connectivity index (χ4v) is 3.73. The highest BCUT2D eigenvalue weighted by Crippen LogP contribution is 2.20. The monoisotopic (exact) mass is 435 g/mol. The van der Waals surface area contributed by atoms with Crippen molar-refractivity contribution in [1.82, 2.24) is 4.90 Å². The molecule has 2 aromatic carbocycles. The molecule has 0 aliphatic carbocycles. The van der Waals surface area contributed by atoms with E-state index in [1.807, 2.05) is 0 Å². The van der Waals surface area contributed by atoms with Crippen LogP contribution in [0.5, 0.6) is 5.75 Å². The lowest BCUT2D eigenvalue weighted by molar-refractivity contribution is 0.0507. The van der Waals surface area contributed by atoms with Crippen molar-refractivity contribution in [2.24, 2.45) is 0 Å². The lowest BCUT2D eigenvalue weighted by Crippen LogP contribution is -2.37. The summed E-state index contributed by atoms with van der Waals surface area (Å²) in [6.45, 7) is 4.44. The molecule has 6 nitrogen and oxygen atoms in total. The van der Waals surface area contributed by atoms with Gasteiger partial charge in [-0.3, -0.25) is 4.79 Å². The Balaban J connectivity index is 1.76. The van der Waals surface area contributed by atoms with Crippen molar-refractivity contribution in [3.63, 3.8) is 0 Å². The number of benzene rings is 2. The van der Waals surface area contributed by atoms with Gasteiger partial charge in [-0.15, -0.1) is 0 Å². The molecule has 1 amide bonds. The molecule has 2 aromatic rings. The first-order chi connectivity index (χ1) is 14.2. The number of ether oxygens (including phenoxy) is 1. The van der Waals surface area contributed by atoms with Crippen LogP contribution in [0.25, 0.3) is 0 Å². The van der Waals surface area contributed by atoms with E-state index in [2.05, 4.69) is 0 Å². The van der Waals surface area contributed by atoms with Crippen LogP contribution in [0.3, 0.4) is 0 Å². The summed E-state index contributed by atoms with van der Waals surface area (Å²) in [5.41, 5.74) is 1.07. The third-order valence-corrected chi connectivity index (χ3v) is 6.47. The number of carbonyl (C=O) groups excluding carboxylic acids is 1. The maximum Gasteiger partial charge on any atom is 0.311 e. The van der Waals surface area contributed by atoms with Crippen molar-refractivity contribution in [2.75, 3.05) is 13.2 Å². The van der Waals surface area contributed by atoms with E-state index in [1.54, 1.807) is 49.1 Å². The van der Waals surface area contributed by atoms with Gasteiger partial charge >= 0.3 is 10.1 Å². The summed E-state index contributed by atoms with van der Waals surface area (Å²) >= 11 is 0. The van der Waals surface area contributed by atoms with Crippen LogP contribution < -0.4 is 4.18 Å². The van der Waals surface area contributed by atoms with Gasteiger partial charge in [0.05, 0.1) is 11.4 Å². The second kappa shape index (κ2) is 9.57. The predicted octanol–water partition coefficient (Wildman–Crippen LogP) is 3.76. The van der Waals surface area contributed by atoms with Crippen LogP contribution in [0.2, 0.25) is 0 Å². The average Bonchev–Trinajstić information content (AvgIpc) is 3.21. The third kappa shape index (κ3) is 5.79. The zero-order valence-corrected chi connectivity index (χ0v) is 17.9. The number of carbonyl (C=O) groups is 1. The quantitative estimate of drug-likeness (QED) is 0.591. The molecule has 1 aliphatic heterocycles. The number of rotatable bonds is 8. The number of hydrogen-bond donors (Lipinski definition) is 0. The molecular formula is C22H26FNO5S. The van der Waals surface area contributed by atoms with Gasteiger partial charge in [0.2, 0.25) is 0 Å². The fraction of sp³-hybridized carbons (Fsp3) is 0.409. The lowest BCUT2D eigenvalue weighted by Gasteiger charge is -2.26. The summed E-state index contributed by atoms with van der Waals surface area (Å²) in [6, 6.07) is 12.2. The minimum absolute atomic E-state index is 0.0544. The van der Waals surface area contributed by atoms with E-state index in [9.17, 15) is 17.6 Å². The van der Waals surface area contributed by atoms with Crippen molar-refractivity contribution in [3.8, 4) is 5.75 Å². The largest absolute Gasteiger partial charge is 0.382 e. The summed E-state index contributed by atoms with van der Waals surface area (Å²) in [7, 11) is -3.67. The van der Waals surface area contributed by atoms with Crippen LogP contribution in [0, 0.1) is 5.82 Å². The Morgan fingerprint density at radius 1 is 1.23 bits per heavy atom. The topological polar surface area (TPSA) is 72.9 Å². The Labute approximate surface area is 176 Å². The van der Waals surface area contributed by atoms with Crippen molar-refractivity contribution in [1.29, 1.82) is 0 Å². The van der Waals surface area contributed by atoms with Gasteiger partial charge in [-0.05, 0) is 62.6 Å². The summed E-state index contributed by atoms with van der Waals surface area (Å²) in [4.78, 5) is 14.6. The predicted molar refractivity (Wildman–Crippen MR) is 111 cm³/mol. The van der Waals surface area contributed by atoms with E-state index in [0.717, 1.165) is 18.4 Å². The number of hydrogen-bond acceptors (Lipinski definition) is 5. The van der Waals surface area contributed by atoms with Gasteiger partial charge in [0, 0.05) is 25.3 Å². The van der Waals surface area contributed by atoms with Gasteiger partial charge in [0.25, 0.3) is 5.91 Å². The Kier molecular flexibility index (Phi) is 7.10. The Morgan fingerprint density at radius 3 is 2.57 bits per heavy atom. The zero-order chi connectivity index (χ0) is 21.7. The van der Waals surface area contributed by atoms with Crippen LogP contribution in [-0.4, -0.2) is 43.7 Å². The first-order valence-electron chi connectivity index (χ1n) is 9.93. The van der Waals surface area contributed by atoms with Gasteiger partial charge in [0.15, 0.2) is 0 Å². The van der Waals surface area contributed by atoms with Gasteiger partial charge < -0.3 is 13.8 Å². The molecule has 1 saturated heterocycles. The van der Waals surface area contributed by atoms with Gasteiger partial charge in [-0.2, -0.15) is 8.42 Å². The maximum atomic E-state index is 13.6. The third-order valence-electron chi connectivity index (χ3n) is 4.89. The highest BCUT2D eigenvalue weighted by Gasteiger charge is 2.24. The molecule has 3 rings (SSSR count). The molecule has 0 N–H and O–H groups in total. The molecule has 0 saturated carbocycles. The minimum Gasteiger partial charge on any atom is -0.382 e. The summed E-state index contributed by atoms with van der Waals surface area (Å²) in [5.74, 6) is -0.534. The van der Waals surface area contributed by atoms with Crippen LogP contribution in [0.4, 0.5) is 4.39 Å². The average molecular weight is 436 g/mol. The normalized spacial score (nSPS) is 16.6. The molecule has 0 spiro atoms. The standard InChI is InChI=1S/C22H26FNO5S/c1-16(2)30(26,27)29-20-10-8-17(9-11-20)14-24(15-21-7-4-12-28-21)22(25)18-5-3-6-19(23)13-18/h3,5-6,8-11,13,16,21H,4,7,12,14-15H2,1-2H3/t21-/m1/s1. The summed E-state index contributed by atoms with van der Waals surface area (Å²) in [5, 5.41) is -0.650. The fourth-order valence-electron chi connectivity index (χ4n) is 3.16. The van der Waals surface area contributed by atoms with E-state index in [0.29, 0.717) is 13.2 Å². The van der Waals surface area contributed by atoms with Crippen LogP contribution in [-0.2, 0) is 21.4 Å². The SMILES string of the molecule is CC(C)S(=O)(=O)Oc1ccc(CN(C[C@H]2CCCO2)C(=O)c2cccc(F)c2)cc1. The van der Waals surface area contributed by atoms with Crippen molar-refractivity contribution >= 4 is 16.0 Å². The molecule has 0 bridgehead atoms. The van der Waals surface area contributed by atoms with Crippen molar-refractivity contribution in [2.45, 2.75) is 44.6 Å². The number of nitrogens with zero attached hydrogens (tertiary/aromatic N) is 1. The first-order valence-corrected chi connectivity index (χ1v) is 11.4. The van der Waals surface area contributed by atoms with Crippen LogP contribution in [0.1, 0.15) is 42.6 Å². The molecule has 0 radical (unpaired) electrons. The smallest absolute Gasteiger partial charge is 0.311 e. The van der Waals surface area contributed by atoms with E-state index >= 15 is 0 Å². The maximum absolute atomic E-state index is 13.6. The zero-order valence-electron chi connectivity index (χ0n) is 17.1. The molecule has 1 fully saturated rings. The number of amides is 1. The second-order valence-corrected chi connectivity index (χ2v) is 9.69. The van der Waals surface area contributed by atoms with E-state index in [4.69, 9.17) is 8.92 Å². The molecule has 1 atom stereocenters. The Bertz CT molecular complexity index is 969. The summed E-state index contributed by atoms with van der Waals surface area (Å²) in [6.07, 6.45) is 1.76. The van der Waals surface area contributed by atoms with Gasteiger partial charge in [0.1, 0.15) is 11.6 Å². The van der Waals surface area contributed by atoms with E-state index in [-0.39, 0.29) is 29.9 Å². The molecule has 30 heavy (non-hydrogen) atoms. The molecule has 8 heteroatoms. The van der Waals surface area contributed by atoms with Gasteiger partial charge in [-0.25, -0.2) is 4.39 Å². The molecular weight excluding hydrogens is 409 g/mol. The molecule has 0 unspecified atom stereocenters. The highest BCUT2D eigenvalue weighted by molar-refractivity contribution is 7.87. The second-order valence-electron chi connectivity index (χ2n) is 7.60. The van der Waals surface area contributed by atoms with Crippen LogP contribution >= 0.6 is 0 Å². The lowest BCUT2D eigenvalue weighted by atomic mass is 10.1. The van der Waals surface area contributed by atoms with E-state index in [1.165, 1.54) is 18.2 Å². The molecule has 162 valence electrons. The van der Waals surface area contributed by atoms with Crippen LogP contribution in [0.15, 0.2) is 48.5 Å². The van der Waals surface area contributed by atoms with Crippen molar-refractivity contribution < 1.29 is 26.5 Å². The van der Waals surface area contributed by atoms with Gasteiger partial charge in [-0.1, -0.05) is 18.2 Å². The minimum atomic E-state index is -3.67.